The highest BCUT2D eigenvalue weighted by Gasteiger charge is 2.28. The third kappa shape index (κ3) is 11.1. The van der Waals surface area contributed by atoms with Crippen molar-refractivity contribution in [3.05, 3.63) is 90.3 Å². The van der Waals surface area contributed by atoms with Crippen LogP contribution in [0.2, 0.25) is 0 Å². The number of hydrogen-bond donors (Lipinski definition) is 2. The second-order valence-electron chi connectivity index (χ2n) is 15.2. The molecule has 2 aromatic heterocycles. The van der Waals surface area contributed by atoms with E-state index in [-0.39, 0.29) is 18.0 Å². The van der Waals surface area contributed by atoms with Crippen LogP contribution in [-0.2, 0) is 9.59 Å². The van der Waals surface area contributed by atoms with Gasteiger partial charge in [-0.15, -0.1) is 11.8 Å². The molecule has 1 atom stereocenters. The van der Waals surface area contributed by atoms with Gasteiger partial charge in [0.25, 0.3) is 5.91 Å². The highest BCUT2D eigenvalue weighted by atomic mass is 32.2. The van der Waals surface area contributed by atoms with E-state index in [0.717, 1.165) is 123 Å². The molecule has 3 aromatic carbocycles. The molecule has 0 saturated carbocycles. The Morgan fingerprint density at radius 3 is 2.18 bits per heavy atom. The predicted molar refractivity (Wildman–Crippen MR) is 235 cm³/mol. The predicted octanol–water partition coefficient (Wildman–Crippen LogP) is 6.72. The number of rotatable bonds is 16. The first-order valence-electron chi connectivity index (χ1n) is 20.7. The van der Waals surface area contributed by atoms with Crippen molar-refractivity contribution in [3.8, 4) is 22.8 Å². The zero-order valence-electron chi connectivity index (χ0n) is 34.6. The van der Waals surface area contributed by atoms with Crippen LogP contribution in [0.1, 0.15) is 79.1 Å². The van der Waals surface area contributed by atoms with E-state index in [4.69, 9.17) is 25.2 Å². The molecular weight excluding hydrogens is 779 g/mol. The first-order chi connectivity index (χ1) is 29.2. The summed E-state index contributed by atoms with van der Waals surface area (Å²) in [5.74, 6) is 1.90. The van der Waals surface area contributed by atoms with Crippen molar-refractivity contribution in [2.24, 2.45) is 0 Å². The van der Waals surface area contributed by atoms with Gasteiger partial charge in [0, 0.05) is 60.5 Å². The Morgan fingerprint density at radius 1 is 0.917 bits per heavy atom. The van der Waals surface area contributed by atoms with E-state index in [2.05, 4.69) is 38.3 Å². The van der Waals surface area contributed by atoms with E-state index in [1.54, 1.807) is 16.3 Å². The lowest BCUT2D eigenvalue weighted by Crippen LogP contribution is -2.43. The van der Waals surface area contributed by atoms with E-state index < -0.39 is 0 Å². The van der Waals surface area contributed by atoms with Crippen LogP contribution in [0.25, 0.3) is 22.3 Å². The van der Waals surface area contributed by atoms with Crippen molar-refractivity contribution in [2.75, 3.05) is 52.0 Å². The maximum atomic E-state index is 13.3. The minimum atomic E-state index is -0.0813. The number of piperidine rings is 2. The lowest BCUT2D eigenvalue weighted by atomic mass is 10.0. The number of nitrogens with zero attached hydrogens (tertiary/aromatic N) is 7. The molecule has 15 heteroatoms. The number of fused-ring (bicyclic) bond motifs is 1. The summed E-state index contributed by atoms with van der Waals surface area (Å²) in [5.41, 5.74) is 9.92. The summed E-state index contributed by atoms with van der Waals surface area (Å²) in [6.07, 6.45) is 9.07. The molecule has 60 heavy (non-hydrogen) atoms. The molecule has 3 amide bonds. The molecule has 0 bridgehead atoms. The van der Waals surface area contributed by atoms with Crippen LogP contribution in [0.15, 0.2) is 84.0 Å². The third-order valence-corrected chi connectivity index (χ3v) is 12.6. The maximum absolute atomic E-state index is 13.3. The number of aldehydes is 1. The number of nitrogen functional groups attached to an aromatic ring is 1. The number of thioether (sulfide) groups is 1. The monoisotopic (exact) mass is 833 g/mol. The van der Waals surface area contributed by atoms with Crippen LogP contribution >= 0.6 is 11.8 Å². The molecule has 3 N–H and O–H groups in total. The van der Waals surface area contributed by atoms with Crippen molar-refractivity contribution < 1.29 is 23.9 Å². The Hall–Kier alpha value is -5.64. The number of carbonyl (C=O) groups is 4. The number of para-hydroxylation sites is 1. The molecule has 2 aliphatic rings. The molecule has 7 rings (SSSR count). The van der Waals surface area contributed by atoms with Crippen LogP contribution < -0.4 is 15.8 Å². The number of aromatic nitrogens is 4. The number of carbonyl (C=O) groups excluding carboxylic acids is 4. The molecule has 1 unspecified atom stereocenters. The Balaban J connectivity index is 0.00000114. The first kappa shape index (κ1) is 43.9. The zero-order valence-corrected chi connectivity index (χ0v) is 35.4. The summed E-state index contributed by atoms with van der Waals surface area (Å²) in [7, 11) is 1.84. The highest BCUT2D eigenvalue weighted by molar-refractivity contribution is 8.00. The van der Waals surface area contributed by atoms with Crippen LogP contribution in [-0.4, -0.2) is 117 Å². The van der Waals surface area contributed by atoms with Gasteiger partial charge in [0.15, 0.2) is 11.9 Å². The number of benzene rings is 3. The Morgan fingerprint density at radius 2 is 1.57 bits per heavy atom. The maximum Gasteiger partial charge on any atom is 0.254 e. The summed E-state index contributed by atoms with van der Waals surface area (Å²) in [5, 5.41) is 8.14. The molecule has 2 aliphatic heterocycles. The SMILES string of the molecule is CCCC(C)N(C)C(=O)c1cc(SC2CCN(CCN3CCC(n4nc(-c5ccc(Oc6ccccc6)cc5)c5c(N)ncnc54)CC3)CC2)ccc1C=O.O=CNC=O. The summed E-state index contributed by atoms with van der Waals surface area (Å²) < 4.78 is 8.08. The second kappa shape index (κ2) is 21.6. The quantitative estimate of drug-likeness (QED) is 0.101. The van der Waals surface area contributed by atoms with Gasteiger partial charge in [-0.05, 0) is 107 Å². The van der Waals surface area contributed by atoms with E-state index in [9.17, 15) is 9.59 Å². The minimum absolute atomic E-state index is 0.0813. The van der Waals surface area contributed by atoms with Crippen molar-refractivity contribution in [1.29, 1.82) is 0 Å². The number of hydrogen-bond acceptors (Lipinski definition) is 12. The fourth-order valence-electron chi connectivity index (χ4n) is 7.80. The van der Waals surface area contributed by atoms with Gasteiger partial charge in [0.2, 0.25) is 12.8 Å². The molecular formula is C45H55N9O5S. The number of nitrogens with one attached hydrogen (secondary N) is 1. The fourth-order valence-corrected chi connectivity index (χ4v) is 8.96. The van der Waals surface area contributed by atoms with Crippen molar-refractivity contribution >= 4 is 53.6 Å². The summed E-state index contributed by atoms with van der Waals surface area (Å²) in [4.78, 5) is 60.2. The van der Waals surface area contributed by atoms with Crippen molar-refractivity contribution in [2.45, 2.75) is 74.6 Å². The number of ether oxygens (including phenoxy) is 1. The lowest BCUT2D eigenvalue weighted by Gasteiger charge is -2.36. The van der Waals surface area contributed by atoms with Crippen molar-refractivity contribution in [3.63, 3.8) is 0 Å². The number of imide groups is 1. The highest BCUT2D eigenvalue weighted by Crippen LogP contribution is 2.36. The van der Waals surface area contributed by atoms with Gasteiger partial charge < -0.3 is 30.5 Å². The van der Waals surface area contributed by atoms with Crippen molar-refractivity contribution in [1.82, 2.24) is 39.8 Å². The average Bonchev–Trinajstić information content (AvgIpc) is 3.68. The van der Waals surface area contributed by atoms with E-state index >= 15 is 0 Å². The van der Waals surface area contributed by atoms with Gasteiger partial charge in [-0.3, -0.25) is 19.2 Å². The summed E-state index contributed by atoms with van der Waals surface area (Å²) >= 11 is 1.84. The minimum Gasteiger partial charge on any atom is -0.457 e. The smallest absolute Gasteiger partial charge is 0.254 e. The normalized spacial score (nSPS) is 15.7. The molecule has 0 aliphatic carbocycles. The topological polar surface area (TPSA) is 169 Å². The van der Waals surface area contributed by atoms with Crippen LogP contribution in [0.3, 0.4) is 0 Å². The van der Waals surface area contributed by atoms with Gasteiger partial charge in [-0.25, -0.2) is 14.6 Å². The molecule has 2 saturated heterocycles. The average molecular weight is 834 g/mol. The first-order valence-corrected chi connectivity index (χ1v) is 21.5. The van der Waals surface area contributed by atoms with Crippen LogP contribution in [0, 0.1) is 0 Å². The second-order valence-corrected chi connectivity index (χ2v) is 16.6. The molecule has 14 nitrogen and oxygen atoms in total. The lowest BCUT2D eigenvalue weighted by molar-refractivity contribution is -0.117. The Bertz CT molecular complexity index is 2180. The molecule has 5 aromatic rings. The number of amides is 3. The van der Waals surface area contributed by atoms with E-state index in [1.807, 2.05) is 85.5 Å². The Labute approximate surface area is 355 Å². The van der Waals surface area contributed by atoms with Crippen LogP contribution in [0.4, 0.5) is 5.82 Å². The van der Waals surface area contributed by atoms with Gasteiger partial charge in [-0.1, -0.05) is 31.5 Å². The van der Waals surface area contributed by atoms with Gasteiger partial charge >= 0.3 is 0 Å². The van der Waals surface area contributed by atoms with Gasteiger partial charge in [0.05, 0.1) is 17.0 Å². The molecule has 0 spiro atoms. The number of nitrogens with two attached hydrogens (primary N) is 1. The van der Waals surface area contributed by atoms with Gasteiger partial charge in [-0.2, -0.15) is 5.10 Å². The Kier molecular flexibility index (Phi) is 15.8. The van der Waals surface area contributed by atoms with Crippen LogP contribution in [0.5, 0.6) is 11.5 Å². The molecule has 0 radical (unpaired) electrons. The number of likely N-dealkylation sites (tertiary alicyclic amines) is 2. The standard InChI is InChI=1S/C43H52N8O3S.C2H3NO2/c1-4-8-30(2)48(3)43(53)38-27-37(16-13-32(38)28-52)55-36-19-23-50(24-20-36)26-25-49-21-17-33(18-22-49)51-42-39(41(44)45-29-46-42)40(47-51)31-11-14-35(15-12-31)54-34-9-6-5-7-10-34;4-1-3-2-5/h5-7,9-16,27-30,33,36H,4,8,17-26H2,1-3H3,(H2,44,45,46);1-2H,(H,3,4,5). The van der Waals surface area contributed by atoms with E-state index in [0.29, 0.717) is 35.0 Å². The van der Waals surface area contributed by atoms with E-state index in [1.165, 1.54) is 6.33 Å². The largest absolute Gasteiger partial charge is 0.457 e. The molecule has 2 fully saturated rings. The fraction of sp³-hybridized carbons (Fsp3) is 0.400. The third-order valence-electron chi connectivity index (χ3n) is 11.3. The summed E-state index contributed by atoms with van der Waals surface area (Å²) in [6.45, 7) is 10.4. The molecule has 316 valence electrons. The number of anilines is 1. The zero-order chi connectivity index (χ0) is 42.4. The van der Waals surface area contributed by atoms with Gasteiger partial charge in [0.1, 0.15) is 29.3 Å². The molecule has 4 heterocycles. The summed E-state index contributed by atoms with van der Waals surface area (Å²) in [6, 6.07) is 23.8.